The van der Waals surface area contributed by atoms with Crippen LogP contribution in [0.5, 0.6) is 0 Å². The third-order valence-corrected chi connectivity index (χ3v) is 11.0. The molecule has 2 aliphatic carbocycles. The van der Waals surface area contributed by atoms with Crippen molar-refractivity contribution in [3.05, 3.63) is 78.0 Å². The summed E-state index contributed by atoms with van der Waals surface area (Å²) in [6, 6.07) is 15.9. The fraction of sp³-hybridized carbons (Fsp3) is 0.487. The maximum Gasteiger partial charge on any atom is 0.247 e. The second-order valence-electron chi connectivity index (χ2n) is 14.2. The first-order valence-corrected chi connectivity index (χ1v) is 18.6. The highest BCUT2D eigenvalue weighted by Crippen LogP contribution is 2.49. The molecule has 2 heterocycles. The summed E-state index contributed by atoms with van der Waals surface area (Å²) in [6.45, 7) is 12.2. The van der Waals surface area contributed by atoms with Crippen molar-refractivity contribution in [2.45, 2.75) is 58.4 Å². The summed E-state index contributed by atoms with van der Waals surface area (Å²) in [5.74, 6) is 3.96. The van der Waals surface area contributed by atoms with Crippen LogP contribution in [0.25, 0.3) is 0 Å². The molecule has 3 aromatic rings. The molecule has 0 spiro atoms. The van der Waals surface area contributed by atoms with Crippen LogP contribution in [0.4, 0.5) is 28.8 Å². The van der Waals surface area contributed by atoms with Crippen LogP contribution in [0.1, 0.15) is 57.4 Å². The topological polar surface area (TPSA) is 115 Å². The van der Waals surface area contributed by atoms with Gasteiger partial charge in [0.1, 0.15) is 5.02 Å². The molecule has 266 valence electrons. The van der Waals surface area contributed by atoms with Gasteiger partial charge in [-0.05, 0) is 110 Å². The Morgan fingerprint density at radius 2 is 1.84 bits per heavy atom. The number of nitrogens with one attached hydrogen (secondary N) is 4. The highest BCUT2D eigenvalue weighted by molar-refractivity contribution is 6.32. The predicted molar refractivity (Wildman–Crippen MR) is 203 cm³/mol. The van der Waals surface area contributed by atoms with Crippen molar-refractivity contribution in [3.63, 3.8) is 0 Å². The number of carbonyl (C=O) groups is 2. The molecule has 1 saturated heterocycles. The summed E-state index contributed by atoms with van der Waals surface area (Å²) in [7, 11) is 0. The summed E-state index contributed by atoms with van der Waals surface area (Å²) in [5.41, 5.74) is 3.73. The van der Waals surface area contributed by atoms with Crippen LogP contribution in [0.3, 0.4) is 0 Å². The van der Waals surface area contributed by atoms with E-state index in [1.54, 1.807) is 6.20 Å². The zero-order valence-corrected chi connectivity index (χ0v) is 29.9. The van der Waals surface area contributed by atoms with E-state index in [-0.39, 0.29) is 11.8 Å². The first-order chi connectivity index (χ1) is 24.3. The SMILES string of the molecule is C=CC(=O)Nc1cccc(CNc2nc(Nc3ccc(N4CCN(CCCCNC(=O)CC5[C@H]6CC[C@H](C6)C[C@@H]5C)CC4)cc3)ncc2Cl)c1. The molecule has 2 bridgehead atoms. The lowest BCUT2D eigenvalue weighted by molar-refractivity contribution is -0.123. The van der Waals surface area contributed by atoms with Gasteiger partial charge in [0, 0.05) is 62.8 Å². The third-order valence-electron chi connectivity index (χ3n) is 10.7. The molecule has 1 unspecified atom stereocenters. The molecular weight excluding hydrogens is 648 g/mol. The van der Waals surface area contributed by atoms with E-state index in [1.165, 1.54) is 37.4 Å². The molecular formula is C39H51ClN8O2. The number of hydrogen-bond donors (Lipinski definition) is 4. The number of unbranched alkanes of at least 4 members (excludes halogenated alkanes) is 1. The Morgan fingerprint density at radius 1 is 1.02 bits per heavy atom. The van der Waals surface area contributed by atoms with Crippen molar-refractivity contribution in [2.75, 3.05) is 60.1 Å². The molecule has 10 nitrogen and oxygen atoms in total. The van der Waals surface area contributed by atoms with Gasteiger partial charge in [0.15, 0.2) is 5.82 Å². The van der Waals surface area contributed by atoms with Crippen LogP contribution in [0.15, 0.2) is 67.4 Å². The number of rotatable bonds is 15. The van der Waals surface area contributed by atoms with Crippen molar-refractivity contribution < 1.29 is 9.59 Å². The molecule has 2 aromatic carbocycles. The van der Waals surface area contributed by atoms with Crippen LogP contribution in [0.2, 0.25) is 5.02 Å². The van der Waals surface area contributed by atoms with Gasteiger partial charge in [0.05, 0.1) is 6.20 Å². The van der Waals surface area contributed by atoms with Crippen molar-refractivity contribution in [1.29, 1.82) is 0 Å². The maximum absolute atomic E-state index is 12.7. The van der Waals surface area contributed by atoms with Gasteiger partial charge < -0.3 is 26.2 Å². The van der Waals surface area contributed by atoms with Crippen LogP contribution in [0, 0.1) is 23.7 Å². The van der Waals surface area contributed by atoms with Crippen molar-refractivity contribution >= 4 is 52.2 Å². The standard InChI is InChI=1S/C39H51ClN8O2/c1-3-36(49)44-32-8-6-7-29(23-32)25-42-38-35(40)26-43-39(46-38)45-31-11-13-33(14-12-31)48-19-17-47(18-20-48)16-5-4-15-41-37(50)24-34-27(2)21-28-9-10-30(34)22-28/h3,6-8,11-14,23,26-28,30,34H,1,4-5,9-10,15-22,24-25H2,2H3,(H,41,50)(H,44,49)(H2,42,43,45,46)/t27-,28-,30-,34?/m0/s1. The van der Waals surface area contributed by atoms with E-state index in [2.05, 4.69) is 66.7 Å². The highest BCUT2D eigenvalue weighted by atomic mass is 35.5. The molecule has 3 fully saturated rings. The van der Waals surface area contributed by atoms with E-state index in [4.69, 9.17) is 11.6 Å². The number of benzene rings is 2. The molecule has 1 aliphatic heterocycles. The number of carbonyl (C=O) groups excluding carboxylic acids is 2. The van der Waals surface area contributed by atoms with Gasteiger partial charge in [0.25, 0.3) is 0 Å². The molecule has 4 N–H and O–H groups in total. The quantitative estimate of drug-likeness (QED) is 0.0983. The molecule has 0 radical (unpaired) electrons. The van der Waals surface area contributed by atoms with E-state index in [1.807, 2.05) is 36.4 Å². The largest absolute Gasteiger partial charge is 0.369 e. The molecule has 2 saturated carbocycles. The Hall–Kier alpha value is -4.15. The predicted octanol–water partition coefficient (Wildman–Crippen LogP) is 7.09. The van der Waals surface area contributed by atoms with Gasteiger partial charge in [-0.3, -0.25) is 14.5 Å². The fourth-order valence-corrected chi connectivity index (χ4v) is 8.19. The zero-order valence-electron chi connectivity index (χ0n) is 29.2. The lowest BCUT2D eigenvalue weighted by Crippen LogP contribution is -2.46. The number of anilines is 5. The van der Waals surface area contributed by atoms with Crippen molar-refractivity contribution in [3.8, 4) is 0 Å². The number of amides is 2. The number of piperazine rings is 1. The Bertz CT molecular complexity index is 1610. The van der Waals surface area contributed by atoms with Gasteiger partial charge in [-0.2, -0.15) is 4.98 Å². The Kier molecular flexibility index (Phi) is 12.3. The second-order valence-corrected chi connectivity index (χ2v) is 14.6. The molecule has 3 aliphatic rings. The number of nitrogens with zero attached hydrogens (tertiary/aromatic N) is 4. The van der Waals surface area contributed by atoms with Gasteiger partial charge in [-0.15, -0.1) is 0 Å². The molecule has 1 aromatic heterocycles. The minimum Gasteiger partial charge on any atom is -0.369 e. The lowest BCUT2D eigenvalue weighted by atomic mass is 9.71. The van der Waals surface area contributed by atoms with Gasteiger partial charge in [-0.1, -0.05) is 43.7 Å². The Balaban J connectivity index is 0.887. The molecule has 4 atom stereocenters. The van der Waals surface area contributed by atoms with Crippen LogP contribution in [-0.4, -0.2) is 66.0 Å². The normalized spacial score (nSPS) is 21.8. The number of hydrogen-bond acceptors (Lipinski definition) is 8. The average molecular weight is 699 g/mol. The first kappa shape index (κ1) is 35.7. The molecule has 2 amide bonds. The van der Waals surface area contributed by atoms with E-state index < -0.39 is 0 Å². The van der Waals surface area contributed by atoms with Crippen molar-refractivity contribution in [1.82, 2.24) is 20.2 Å². The summed E-state index contributed by atoms with van der Waals surface area (Å²) >= 11 is 6.39. The Labute approximate surface area is 301 Å². The zero-order chi connectivity index (χ0) is 34.9. The first-order valence-electron chi connectivity index (χ1n) is 18.2. The lowest BCUT2D eigenvalue weighted by Gasteiger charge is -2.36. The average Bonchev–Trinajstić information content (AvgIpc) is 3.53. The summed E-state index contributed by atoms with van der Waals surface area (Å²) in [6.07, 6.45) is 11.1. The van der Waals surface area contributed by atoms with E-state index in [9.17, 15) is 9.59 Å². The third kappa shape index (κ3) is 9.75. The highest BCUT2D eigenvalue weighted by Gasteiger charge is 2.40. The fourth-order valence-electron chi connectivity index (χ4n) is 8.03. The summed E-state index contributed by atoms with van der Waals surface area (Å²) in [5, 5.41) is 13.0. The number of aromatic nitrogens is 2. The smallest absolute Gasteiger partial charge is 0.247 e. The van der Waals surface area contributed by atoms with Crippen LogP contribution >= 0.6 is 11.6 Å². The van der Waals surface area contributed by atoms with Gasteiger partial charge in [0.2, 0.25) is 17.8 Å². The van der Waals surface area contributed by atoms with Crippen LogP contribution in [-0.2, 0) is 16.1 Å². The Morgan fingerprint density at radius 3 is 2.64 bits per heavy atom. The minimum atomic E-state index is -0.258. The second kappa shape index (κ2) is 17.2. The van der Waals surface area contributed by atoms with Crippen LogP contribution < -0.4 is 26.2 Å². The number of halogens is 1. The van der Waals surface area contributed by atoms with E-state index in [0.29, 0.717) is 40.9 Å². The summed E-state index contributed by atoms with van der Waals surface area (Å²) in [4.78, 5) is 38.2. The molecule has 11 heteroatoms. The van der Waals surface area contributed by atoms with E-state index in [0.717, 1.165) is 81.6 Å². The maximum atomic E-state index is 12.7. The molecule has 50 heavy (non-hydrogen) atoms. The monoisotopic (exact) mass is 698 g/mol. The molecule has 6 rings (SSSR count). The van der Waals surface area contributed by atoms with Gasteiger partial charge in [-0.25, -0.2) is 4.98 Å². The minimum absolute atomic E-state index is 0.258. The van der Waals surface area contributed by atoms with Gasteiger partial charge >= 0.3 is 0 Å². The van der Waals surface area contributed by atoms with E-state index >= 15 is 0 Å². The number of fused-ring (bicyclic) bond motifs is 2. The summed E-state index contributed by atoms with van der Waals surface area (Å²) < 4.78 is 0. The van der Waals surface area contributed by atoms with Crippen molar-refractivity contribution in [2.24, 2.45) is 23.7 Å².